The number of carbonyl (C=O) groups is 1. The van der Waals surface area contributed by atoms with Crippen LogP contribution in [0.2, 0.25) is 10.0 Å². The number of ether oxygens (including phenoxy) is 1. The van der Waals surface area contributed by atoms with Gasteiger partial charge < -0.3 is 9.64 Å². The zero-order valence-corrected chi connectivity index (χ0v) is 16.8. The first-order valence-corrected chi connectivity index (χ1v) is 9.36. The van der Waals surface area contributed by atoms with Crippen LogP contribution in [-0.2, 0) is 4.79 Å². The van der Waals surface area contributed by atoms with Crippen LogP contribution in [0.1, 0.15) is 47.5 Å². The summed E-state index contributed by atoms with van der Waals surface area (Å²) < 4.78 is 5.77. The summed E-state index contributed by atoms with van der Waals surface area (Å²) in [6.45, 7) is 11.9. The van der Waals surface area contributed by atoms with E-state index in [1.807, 2.05) is 4.90 Å². The minimum absolute atomic E-state index is 0.00215. The Balaban J connectivity index is 2.75. The third-order valence-corrected chi connectivity index (χ3v) is 4.34. The SMILES string of the molecule is CC(C)CCN(CCC(C)C)C(=O)C(C)Oc1ccc(Cl)cc1Cl. The van der Waals surface area contributed by atoms with Crippen LogP contribution in [0.3, 0.4) is 0 Å². The standard InChI is InChI=1S/C19H29Cl2NO2/c1-13(2)8-10-22(11-9-14(3)4)19(23)15(5)24-18-7-6-16(20)12-17(18)21/h6-7,12-15H,8-11H2,1-5H3. The Morgan fingerprint density at radius 3 is 2.04 bits per heavy atom. The average molecular weight is 374 g/mol. The monoisotopic (exact) mass is 373 g/mol. The van der Waals surface area contributed by atoms with Crippen molar-refractivity contribution in [2.24, 2.45) is 11.8 Å². The molecule has 0 spiro atoms. The van der Waals surface area contributed by atoms with Gasteiger partial charge in [-0.1, -0.05) is 50.9 Å². The summed E-state index contributed by atoms with van der Waals surface area (Å²) in [5.74, 6) is 1.60. The van der Waals surface area contributed by atoms with Gasteiger partial charge in [-0.05, 0) is 49.8 Å². The fourth-order valence-electron chi connectivity index (χ4n) is 2.23. The molecule has 0 saturated heterocycles. The molecule has 0 radical (unpaired) electrons. The first-order chi connectivity index (χ1) is 11.2. The van der Waals surface area contributed by atoms with Crippen molar-refractivity contribution in [1.82, 2.24) is 4.90 Å². The molecule has 1 aromatic rings. The van der Waals surface area contributed by atoms with E-state index in [0.717, 1.165) is 25.9 Å². The lowest BCUT2D eigenvalue weighted by Crippen LogP contribution is -2.42. The summed E-state index contributed by atoms with van der Waals surface area (Å²) in [5.41, 5.74) is 0. The lowest BCUT2D eigenvalue weighted by Gasteiger charge is -2.27. The predicted molar refractivity (Wildman–Crippen MR) is 102 cm³/mol. The Hall–Kier alpha value is -0.930. The molecular weight excluding hydrogens is 345 g/mol. The first kappa shape index (κ1) is 21.1. The van der Waals surface area contributed by atoms with E-state index in [1.165, 1.54) is 0 Å². The zero-order chi connectivity index (χ0) is 18.3. The molecule has 1 unspecified atom stereocenters. The molecule has 0 aromatic heterocycles. The molecule has 0 bridgehead atoms. The van der Waals surface area contributed by atoms with Gasteiger partial charge in [-0.2, -0.15) is 0 Å². The molecule has 1 atom stereocenters. The van der Waals surface area contributed by atoms with E-state index >= 15 is 0 Å². The third kappa shape index (κ3) is 7.31. The summed E-state index contributed by atoms with van der Waals surface area (Å²) in [6.07, 6.45) is 1.39. The van der Waals surface area contributed by atoms with Crippen LogP contribution in [-0.4, -0.2) is 30.0 Å². The van der Waals surface area contributed by atoms with Gasteiger partial charge in [0.2, 0.25) is 0 Å². The van der Waals surface area contributed by atoms with Gasteiger partial charge in [-0.15, -0.1) is 0 Å². The largest absolute Gasteiger partial charge is 0.479 e. The lowest BCUT2D eigenvalue weighted by molar-refractivity contribution is -0.138. The molecule has 0 aliphatic carbocycles. The summed E-state index contributed by atoms with van der Waals surface area (Å²) in [4.78, 5) is 14.7. The second-order valence-corrected chi connectivity index (χ2v) is 7.87. The maximum absolute atomic E-state index is 12.8. The second kappa shape index (κ2) is 10.1. The number of hydrogen-bond donors (Lipinski definition) is 0. The number of halogens is 2. The van der Waals surface area contributed by atoms with Crippen molar-refractivity contribution in [3.05, 3.63) is 28.2 Å². The highest BCUT2D eigenvalue weighted by atomic mass is 35.5. The highest BCUT2D eigenvalue weighted by molar-refractivity contribution is 6.35. The van der Waals surface area contributed by atoms with Gasteiger partial charge in [0, 0.05) is 18.1 Å². The fourth-order valence-corrected chi connectivity index (χ4v) is 2.68. The Morgan fingerprint density at radius 2 is 1.58 bits per heavy atom. The second-order valence-electron chi connectivity index (χ2n) is 7.03. The van der Waals surface area contributed by atoms with Gasteiger partial charge in [-0.25, -0.2) is 0 Å². The van der Waals surface area contributed by atoms with Crippen molar-refractivity contribution in [2.45, 2.75) is 53.6 Å². The molecule has 1 rings (SSSR count). The fraction of sp³-hybridized carbons (Fsp3) is 0.632. The van der Waals surface area contributed by atoms with Crippen molar-refractivity contribution in [1.29, 1.82) is 0 Å². The van der Waals surface area contributed by atoms with Gasteiger partial charge >= 0.3 is 0 Å². The number of amides is 1. The van der Waals surface area contributed by atoms with Crippen LogP contribution in [0.15, 0.2) is 18.2 Å². The minimum Gasteiger partial charge on any atom is -0.479 e. The Morgan fingerprint density at radius 1 is 1.04 bits per heavy atom. The summed E-state index contributed by atoms with van der Waals surface area (Å²) in [5, 5.41) is 0.958. The van der Waals surface area contributed by atoms with Gasteiger partial charge in [-0.3, -0.25) is 4.79 Å². The maximum atomic E-state index is 12.8. The van der Waals surface area contributed by atoms with E-state index in [1.54, 1.807) is 25.1 Å². The molecule has 0 aliphatic heterocycles. The maximum Gasteiger partial charge on any atom is 0.263 e. The molecule has 0 aliphatic rings. The van der Waals surface area contributed by atoms with Crippen molar-refractivity contribution in [3.8, 4) is 5.75 Å². The highest BCUT2D eigenvalue weighted by Gasteiger charge is 2.23. The molecule has 1 aromatic carbocycles. The number of hydrogen-bond acceptors (Lipinski definition) is 2. The molecule has 0 saturated carbocycles. The first-order valence-electron chi connectivity index (χ1n) is 8.61. The van der Waals surface area contributed by atoms with Crippen LogP contribution < -0.4 is 4.74 Å². The molecule has 0 fully saturated rings. The van der Waals surface area contributed by atoms with Gasteiger partial charge in [0.15, 0.2) is 6.10 Å². The van der Waals surface area contributed by atoms with E-state index in [-0.39, 0.29) is 5.91 Å². The number of benzene rings is 1. The lowest BCUT2D eigenvalue weighted by atomic mass is 10.1. The van der Waals surface area contributed by atoms with E-state index < -0.39 is 6.10 Å². The van der Waals surface area contributed by atoms with Crippen LogP contribution in [0.5, 0.6) is 5.75 Å². The average Bonchev–Trinajstić information content (AvgIpc) is 2.49. The molecule has 0 N–H and O–H groups in total. The Bertz CT molecular complexity index is 520. The minimum atomic E-state index is -0.581. The number of nitrogens with zero attached hydrogens (tertiary/aromatic N) is 1. The van der Waals surface area contributed by atoms with Crippen molar-refractivity contribution in [3.63, 3.8) is 0 Å². The molecule has 24 heavy (non-hydrogen) atoms. The molecule has 3 nitrogen and oxygen atoms in total. The van der Waals surface area contributed by atoms with E-state index in [0.29, 0.717) is 27.6 Å². The quantitative estimate of drug-likeness (QED) is 0.556. The third-order valence-electron chi connectivity index (χ3n) is 3.81. The van der Waals surface area contributed by atoms with Crippen molar-refractivity contribution < 1.29 is 9.53 Å². The summed E-state index contributed by atoms with van der Waals surface area (Å²) >= 11 is 12.0. The topological polar surface area (TPSA) is 29.5 Å². The Labute approximate surface area is 156 Å². The normalized spacial score (nSPS) is 12.5. The summed E-state index contributed by atoms with van der Waals surface area (Å²) in [6, 6.07) is 5.02. The highest BCUT2D eigenvalue weighted by Crippen LogP contribution is 2.28. The van der Waals surface area contributed by atoms with Crippen LogP contribution >= 0.6 is 23.2 Å². The molecule has 136 valence electrons. The molecule has 0 heterocycles. The number of carbonyl (C=O) groups excluding carboxylic acids is 1. The molecular formula is C19H29Cl2NO2. The smallest absolute Gasteiger partial charge is 0.263 e. The van der Waals surface area contributed by atoms with Crippen molar-refractivity contribution in [2.75, 3.05) is 13.1 Å². The molecule has 1 amide bonds. The molecule has 5 heteroatoms. The van der Waals surface area contributed by atoms with Gasteiger partial charge in [0.1, 0.15) is 5.75 Å². The van der Waals surface area contributed by atoms with E-state index in [2.05, 4.69) is 27.7 Å². The predicted octanol–water partition coefficient (Wildman–Crippen LogP) is 5.68. The van der Waals surface area contributed by atoms with E-state index in [9.17, 15) is 4.79 Å². The van der Waals surface area contributed by atoms with Gasteiger partial charge in [0.25, 0.3) is 5.91 Å². The van der Waals surface area contributed by atoms with Crippen LogP contribution in [0, 0.1) is 11.8 Å². The van der Waals surface area contributed by atoms with Gasteiger partial charge in [0.05, 0.1) is 5.02 Å². The van der Waals surface area contributed by atoms with Crippen LogP contribution in [0.25, 0.3) is 0 Å². The van der Waals surface area contributed by atoms with Crippen molar-refractivity contribution >= 4 is 29.1 Å². The summed E-state index contributed by atoms with van der Waals surface area (Å²) in [7, 11) is 0. The number of rotatable bonds is 9. The van der Waals surface area contributed by atoms with Crippen LogP contribution in [0.4, 0.5) is 0 Å². The van der Waals surface area contributed by atoms with E-state index in [4.69, 9.17) is 27.9 Å². The Kier molecular flexibility index (Phi) is 8.93. The zero-order valence-electron chi connectivity index (χ0n) is 15.3.